The largest absolute Gasteiger partial charge is 0.451 e. The van der Waals surface area contributed by atoms with Gasteiger partial charge in [-0.05, 0) is 42.7 Å². The molecule has 6 heteroatoms. The number of hydrogen-bond acceptors (Lipinski definition) is 4. The Kier molecular flexibility index (Phi) is 6.06. The number of fused-ring (bicyclic) bond motifs is 1. The first kappa shape index (κ1) is 18.9. The molecule has 2 aromatic carbocycles. The molecular formula is C21H24N2O4. The van der Waals surface area contributed by atoms with Gasteiger partial charge in [0.1, 0.15) is 6.54 Å². The highest BCUT2D eigenvalue weighted by Gasteiger charge is 2.23. The molecule has 2 amide bonds. The molecule has 1 fully saturated rings. The molecule has 0 radical (unpaired) electrons. The lowest BCUT2D eigenvalue weighted by Crippen LogP contribution is -2.38. The lowest BCUT2D eigenvalue weighted by atomic mass is 10.1. The maximum absolute atomic E-state index is 12.3. The van der Waals surface area contributed by atoms with Gasteiger partial charge in [-0.2, -0.15) is 0 Å². The fourth-order valence-electron chi connectivity index (χ4n) is 3.16. The molecule has 1 aliphatic rings. The molecule has 0 unspecified atom stereocenters. The van der Waals surface area contributed by atoms with Crippen molar-refractivity contribution in [1.82, 2.24) is 4.90 Å². The first-order chi connectivity index (χ1) is 13.0. The third kappa shape index (κ3) is 5.06. The van der Waals surface area contributed by atoms with Crippen molar-refractivity contribution in [2.24, 2.45) is 0 Å². The van der Waals surface area contributed by atoms with Gasteiger partial charge in [0, 0.05) is 18.7 Å². The molecule has 3 rings (SSSR count). The van der Waals surface area contributed by atoms with Crippen LogP contribution in [0.5, 0.6) is 0 Å². The second kappa shape index (κ2) is 8.66. The van der Waals surface area contributed by atoms with Crippen LogP contribution in [0.1, 0.15) is 32.6 Å². The van der Waals surface area contributed by atoms with Gasteiger partial charge in [-0.25, -0.2) is 0 Å². The average Bonchev–Trinajstić information content (AvgIpc) is 2.86. The first-order valence-corrected chi connectivity index (χ1v) is 9.30. The predicted octanol–water partition coefficient (Wildman–Crippen LogP) is 3.11. The number of benzene rings is 2. The van der Waals surface area contributed by atoms with Crippen LogP contribution in [0.2, 0.25) is 0 Å². The van der Waals surface area contributed by atoms with E-state index in [1.54, 1.807) is 0 Å². The number of carbonyl (C=O) groups excluding carboxylic acids is 3. The van der Waals surface area contributed by atoms with Gasteiger partial charge in [-0.3, -0.25) is 14.4 Å². The highest BCUT2D eigenvalue weighted by atomic mass is 16.5. The summed E-state index contributed by atoms with van der Waals surface area (Å²) in [6.07, 6.45) is 2.25. The van der Waals surface area contributed by atoms with E-state index in [1.807, 2.05) is 42.5 Å². The molecule has 1 N–H and O–H groups in total. The van der Waals surface area contributed by atoms with Crippen LogP contribution in [0.25, 0.3) is 10.8 Å². The average molecular weight is 368 g/mol. The van der Waals surface area contributed by atoms with E-state index in [2.05, 4.69) is 5.32 Å². The fraction of sp³-hybridized carbons (Fsp3) is 0.381. The summed E-state index contributed by atoms with van der Waals surface area (Å²) < 4.78 is 5.22. The minimum Gasteiger partial charge on any atom is -0.451 e. The summed E-state index contributed by atoms with van der Waals surface area (Å²) in [5.41, 5.74) is 0.643. The van der Waals surface area contributed by atoms with Crippen molar-refractivity contribution < 1.29 is 19.1 Å². The van der Waals surface area contributed by atoms with Gasteiger partial charge >= 0.3 is 5.97 Å². The van der Waals surface area contributed by atoms with Crippen LogP contribution in [0.4, 0.5) is 5.69 Å². The maximum Gasteiger partial charge on any atom is 0.326 e. The SMILES string of the molecule is C[C@@H](OC(=O)CN1CCCCCC1=O)C(=O)Nc1ccc2ccccc2c1. The zero-order valence-corrected chi connectivity index (χ0v) is 15.4. The summed E-state index contributed by atoms with van der Waals surface area (Å²) in [5.74, 6) is -0.995. The van der Waals surface area contributed by atoms with Crippen molar-refractivity contribution in [2.45, 2.75) is 38.7 Å². The fourth-order valence-corrected chi connectivity index (χ4v) is 3.16. The second-order valence-electron chi connectivity index (χ2n) is 6.81. The lowest BCUT2D eigenvalue weighted by Gasteiger charge is -2.20. The standard InChI is InChI=1S/C21H24N2O4/c1-15(27-20(25)14-23-12-6-2-3-9-19(23)24)21(26)22-18-11-10-16-7-4-5-8-17(16)13-18/h4-5,7-8,10-11,13,15H,2-3,6,9,12,14H2,1H3,(H,22,26)/t15-/m1/s1. The van der Waals surface area contributed by atoms with E-state index < -0.39 is 18.0 Å². The Labute approximate surface area is 158 Å². The third-order valence-corrected chi connectivity index (χ3v) is 4.69. The molecule has 1 heterocycles. The summed E-state index contributed by atoms with van der Waals surface area (Å²) in [4.78, 5) is 37.9. The van der Waals surface area contributed by atoms with Gasteiger partial charge < -0.3 is 15.0 Å². The summed E-state index contributed by atoms with van der Waals surface area (Å²) in [5, 5.41) is 4.86. The van der Waals surface area contributed by atoms with Crippen LogP contribution >= 0.6 is 0 Å². The van der Waals surface area contributed by atoms with Crippen LogP contribution < -0.4 is 5.32 Å². The Morgan fingerprint density at radius 1 is 1.11 bits per heavy atom. The number of nitrogens with zero attached hydrogens (tertiary/aromatic N) is 1. The molecule has 0 bridgehead atoms. The van der Waals surface area contributed by atoms with Gasteiger partial charge in [0.05, 0.1) is 0 Å². The van der Waals surface area contributed by atoms with E-state index >= 15 is 0 Å². The minimum absolute atomic E-state index is 0.0299. The maximum atomic E-state index is 12.3. The Morgan fingerprint density at radius 2 is 1.89 bits per heavy atom. The quantitative estimate of drug-likeness (QED) is 0.823. The molecule has 0 aliphatic carbocycles. The van der Waals surface area contributed by atoms with Crippen molar-refractivity contribution in [3.8, 4) is 0 Å². The van der Waals surface area contributed by atoms with Gasteiger partial charge in [0.2, 0.25) is 5.91 Å². The second-order valence-corrected chi connectivity index (χ2v) is 6.81. The Bertz CT molecular complexity index is 849. The number of hydrogen-bond donors (Lipinski definition) is 1. The Balaban J connectivity index is 1.54. The number of ether oxygens (including phenoxy) is 1. The Hall–Kier alpha value is -2.89. The van der Waals surface area contributed by atoms with Crippen LogP contribution in [-0.4, -0.2) is 41.9 Å². The minimum atomic E-state index is -0.939. The molecule has 0 spiro atoms. The Morgan fingerprint density at radius 3 is 2.70 bits per heavy atom. The van der Waals surface area contributed by atoms with Crippen molar-refractivity contribution in [3.05, 3.63) is 42.5 Å². The highest BCUT2D eigenvalue weighted by Crippen LogP contribution is 2.19. The third-order valence-electron chi connectivity index (χ3n) is 4.69. The van der Waals surface area contributed by atoms with Crippen molar-refractivity contribution >= 4 is 34.2 Å². The van der Waals surface area contributed by atoms with E-state index in [1.165, 1.54) is 11.8 Å². The summed E-state index contributed by atoms with van der Waals surface area (Å²) >= 11 is 0. The van der Waals surface area contributed by atoms with Gasteiger partial charge in [0.15, 0.2) is 6.10 Å². The number of rotatable bonds is 5. The molecule has 0 saturated carbocycles. The monoisotopic (exact) mass is 368 g/mol. The molecule has 1 atom stereocenters. The number of esters is 1. The van der Waals surface area contributed by atoms with E-state index in [9.17, 15) is 14.4 Å². The van der Waals surface area contributed by atoms with Gasteiger partial charge in [0.25, 0.3) is 5.91 Å². The summed E-state index contributed by atoms with van der Waals surface area (Å²) in [7, 11) is 0. The van der Waals surface area contributed by atoms with E-state index in [0.717, 1.165) is 30.0 Å². The number of nitrogens with one attached hydrogen (secondary N) is 1. The topological polar surface area (TPSA) is 75.7 Å². The van der Waals surface area contributed by atoms with E-state index in [-0.39, 0.29) is 12.5 Å². The molecule has 0 aromatic heterocycles. The molecule has 2 aromatic rings. The zero-order chi connectivity index (χ0) is 19.2. The smallest absolute Gasteiger partial charge is 0.326 e. The number of likely N-dealkylation sites (tertiary alicyclic amines) is 1. The van der Waals surface area contributed by atoms with E-state index in [4.69, 9.17) is 4.74 Å². The van der Waals surface area contributed by atoms with Crippen LogP contribution in [0.15, 0.2) is 42.5 Å². The molecule has 1 saturated heterocycles. The zero-order valence-electron chi connectivity index (χ0n) is 15.4. The summed E-state index contributed by atoms with van der Waals surface area (Å²) in [6, 6.07) is 13.5. The molecule has 6 nitrogen and oxygen atoms in total. The van der Waals surface area contributed by atoms with E-state index in [0.29, 0.717) is 18.7 Å². The van der Waals surface area contributed by atoms with Crippen molar-refractivity contribution in [2.75, 3.05) is 18.4 Å². The van der Waals surface area contributed by atoms with Crippen LogP contribution in [0, 0.1) is 0 Å². The number of anilines is 1. The first-order valence-electron chi connectivity index (χ1n) is 9.30. The molecule has 1 aliphatic heterocycles. The number of carbonyl (C=O) groups is 3. The van der Waals surface area contributed by atoms with Crippen molar-refractivity contribution in [1.29, 1.82) is 0 Å². The highest BCUT2D eigenvalue weighted by molar-refractivity contribution is 5.97. The number of amides is 2. The normalized spacial score (nSPS) is 15.9. The molecule has 27 heavy (non-hydrogen) atoms. The van der Waals surface area contributed by atoms with Crippen LogP contribution in [0.3, 0.4) is 0 Å². The molecule has 142 valence electrons. The van der Waals surface area contributed by atoms with Gasteiger partial charge in [-0.15, -0.1) is 0 Å². The molecular weight excluding hydrogens is 344 g/mol. The lowest BCUT2D eigenvalue weighted by molar-refractivity contribution is -0.156. The van der Waals surface area contributed by atoms with Crippen LogP contribution in [-0.2, 0) is 19.1 Å². The van der Waals surface area contributed by atoms with Crippen molar-refractivity contribution in [3.63, 3.8) is 0 Å². The van der Waals surface area contributed by atoms with Gasteiger partial charge in [-0.1, -0.05) is 36.8 Å². The predicted molar refractivity (Wildman–Crippen MR) is 103 cm³/mol. The summed E-state index contributed by atoms with van der Waals surface area (Å²) in [6.45, 7) is 1.98.